The summed E-state index contributed by atoms with van der Waals surface area (Å²) in [5.74, 6) is -0.952. The fourth-order valence-corrected chi connectivity index (χ4v) is 0.813. The zero-order valence-electron chi connectivity index (χ0n) is 6.99. The summed E-state index contributed by atoms with van der Waals surface area (Å²) in [6, 6.07) is 0. The van der Waals surface area contributed by atoms with E-state index in [9.17, 15) is 19.2 Å². The lowest BCUT2D eigenvalue weighted by atomic mass is 9.82. The monoisotopic (exact) mass is 170 g/mol. The Bertz CT molecular complexity index is 221. The molecule has 0 radical (unpaired) electrons. The molecule has 4 nitrogen and oxygen atoms in total. The Hall–Kier alpha value is -1.32. The molecule has 0 aliphatic rings. The summed E-state index contributed by atoms with van der Waals surface area (Å²) < 4.78 is 0. The largest absolute Gasteiger partial charge is 0.302 e. The maximum absolute atomic E-state index is 10.8. The van der Waals surface area contributed by atoms with Crippen molar-refractivity contribution in [3.63, 3.8) is 0 Å². The molecular weight excluding hydrogens is 160 g/mol. The van der Waals surface area contributed by atoms with Gasteiger partial charge in [-0.1, -0.05) is 0 Å². The topological polar surface area (TPSA) is 68.3 Å². The van der Waals surface area contributed by atoms with Crippen molar-refractivity contribution in [3.8, 4) is 0 Å². The van der Waals surface area contributed by atoms with Crippen molar-refractivity contribution in [2.24, 2.45) is 5.41 Å². The summed E-state index contributed by atoms with van der Waals surface area (Å²) in [5.41, 5.74) is -1.74. The van der Waals surface area contributed by atoms with Crippen LogP contribution in [0.1, 0.15) is 20.3 Å². The first kappa shape index (κ1) is 10.7. The van der Waals surface area contributed by atoms with Gasteiger partial charge in [0.2, 0.25) is 0 Å². The fourth-order valence-electron chi connectivity index (χ4n) is 0.813. The van der Waals surface area contributed by atoms with Crippen LogP contribution in [-0.4, -0.2) is 24.1 Å². The average Bonchev–Trinajstić information content (AvgIpc) is 1.99. The standard InChI is InChI=1S/C8H10O4/c1-6(11)3-8(4-9,5-10)7(2)12/h4-5H,3H2,1-2H3. The lowest BCUT2D eigenvalue weighted by Gasteiger charge is -2.14. The number of hydrogen-bond donors (Lipinski definition) is 0. The summed E-state index contributed by atoms with van der Waals surface area (Å²) in [4.78, 5) is 42.3. The van der Waals surface area contributed by atoms with Crippen LogP contribution >= 0.6 is 0 Å². The Labute approximate surface area is 69.9 Å². The Kier molecular flexibility index (Phi) is 3.47. The third kappa shape index (κ3) is 2.08. The van der Waals surface area contributed by atoms with Crippen molar-refractivity contribution < 1.29 is 19.2 Å². The molecule has 0 fully saturated rings. The van der Waals surface area contributed by atoms with Crippen molar-refractivity contribution in [2.45, 2.75) is 20.3 Å². The lowest BCUT2D eigenvalue weighted by Crippen LogP contribution is -2.34. The molecule has 0 unspecified atom stereocenters. The average molecular weight is 170 g/mol. The van der Waals surface area contributed by atoms with Crippen molar-refractivity contribution in [3.05, 3.63) is 0 Å². The summed E-state index contributed by atoms with van der Waals surface area (Å²) in [7, 11) is 0. The Morgan fingerprint density at radius 2 is 1.58 bits per heavy atom. The van der Waals surface area contributed by atoms with Crippen LogP contribution < -0.4 is 0 Å². The van der Waals surface area contributed by atoms with Crippen molar-refractivity contribution in [2.75, 3.05) is 0 Å². The molecular formula is C8H10O4. The molecule has 12 heavy (non-hydrogen) atoms. The molecule has 0 aromatic rings. The number of rotatable bonds is 5. The highest BCUT2D eigenvalue weighted by molar-refractivity contribution is 6.13. The van der Waals surface area contributed by atoms with E-state index in [-0.39, 0.29) is 24.8 Å². The van der Waals surface area contributed by atoms with E-state index < -0.39 is 11.2 Å². The molecule has 0 rings (SSSR count). The van der Waals surface area contributed by atoms with Crippen LogP contribution in [0.15, 0.2) is 0 Å². The smallest absolute Gasteiger partial charge is 0.150 e. The summed E-state index contributed by atoms with van der Waals surface area (Å²) >= 11 is 0. The van der Waals surface area contributed by atoms with Gasteiger partial charge >= 0.3 is 0 Å². The van der Waals surface area contributed by atoms with Crippen LogP contribution in [0.4, 0.5) is 0 Å². The van der Waals surface area contributed by atoms with Gasteiger partial charge in [-0.25, -0.2) is 0 Å². The molecule has 4 heteroatoms. The van der Waals surface area contributed by atoms with Crippen LogP contribution in [0.5, 0.6) is 0 Å². The van der Waals surface area contributed by atoms with E-state index in [1.54, 1.807) is 0 Å². The molecule has 0 N–H and O–H groups in total. The zero-order valence-corrected chi connectivity index (χ0v) is 6.99. The van der Waals surface area contributed by atoms with Gasteiger partial charge in [0, 0.05) is 6.42 Å². The number of aldehydes is 2. The molecule has 0 aliphatic carbocycles. The lowest BCUT2D eigenvalue weighted by molar-refractivity contribution is -0.141. The third-order valence-electron chi connectivity index (χ3n) is 1.62. The van der Waals surface area contributed by atoms with Gasteiger partial charge in [0.05, 0.1) is 0 Å². The molecule has 0 amide bonds. The van der Waals surface area contributed by atoms with Crippen molar-refractivity contribution in [1.82, 2.24) is 0 Å². The Morgan fingerprint density at radius 3 is 1.67 bits per heavy atom. The molecule has 0 bridgehead atoms. The summed E-state index contributed by atoms with van der Waals surface area (Å²) in [6.07, 6.45) is 0.114. The molecule has 0 aliphatic heterocycles. The molecule has 0 atom stereocenters. The highest BCUT2D eigenvalue weighted by Gasteiger charge is 2.36. The molecule has 66 valence electrons. The first-order chi connectivity index (χ1) is 5.48. The van der Waals surface area contributed by atoms with Gasteiger partial charge in [0.15, 0.2) is 5.78 Å². The quantitative estimate of drug-likeness (QED) is 0.428. The van der Waals surface area contributed by atoms with Crippen LogP contribution in [0.25, 0.3) is 0 Å². The second-order valence-electron chi connectivity index (χ2n) is 2.71. The Morgan fingerprint density at radius 1 is 1.17 bits per heavy atom. The maximum atomic E-state index is 10.8. The second-order valence-corrected chi connectivity index (χ2v) is 2.71. The van der Waals surface area contributed by atoms with E-state index in [2.05, 4.69) is 0 Å². The minimum absolute atomic E-state index is 0.226. The van der Waals surface area contributed by atoms with E-state index in [1.165, 1.54) is 6.92 Å². The predicted molar refractivity (Wildman–Crippen MR) is 40.5 cm³/mol. The zero-order chi connectivity index (χ0) is 9.78. The highest BCUT2D eigenvalue weighted by Crippen LogP contribution is 2.17. The van der Waals surface area contributed by atoms with Crippen LogP contribution in [-0.2, 0) is 19.2 Å². The molecule has 0 saturated heterocycles. The number of ketones is 2. The minimum Gasteiger partial charge on any atom is -0.302 e. The third-order valence-corrected chi connectivity index (χ3v) is 1.62. The van der Waals surface area contributed by atoms with E-state index in [0.29, 0.717) is 0 Å². The van der Waals surface area contributed by atoms with E-state index in [1.807, 2.05) is 0 Å². The van der Waals surface area contributed by atoms with E-state index in [0.717, 1.165) is 6.92 Å². The van der Waals surface area contributed by atoms with Crippen molar-refractivity contribution in [1.29, 1.82) is 0 Å². The van der Waals surface area contributed by atoms with Gasteiger partial charge in [-0.05, 0) is 13.8 Å². The first-order valence-corrected chi connectivity index (χ1v) is 3.41. The fraction of sp³-hybridized carbons (Fsp3) is 0.500. The van der Waals surface area contributed by atoms with Crippen LogP contribution in [0.2, 0.25) is 0 Å². The number of Topliss-reactive ketones (excluding diaryl/α,β-unsaturated/α-hetero) is 2. The van der Waals surface area contributed by atoms with Crippen molar-refractivity contribution >= 4 is 24.1 Å². The van der Waals surface area contributed by atoms with Gasteiger partial charge in [-0.15, -0.1) is 0 Å². The van der Waals surface area contributed by atoms with Crippen LogP contribution in [0.3, 0.4) is 0 Å². The van der Waals surface area contributed by atoms with Gasteiger partial charge < -0.3 is 9.59 Å². The Balaban J connectivity index is 4.82. The van der Waals surface area contributed by atoms with Gasteiger partial charge in [-0.3, -0.25) is 9.59 Å². The molecule has 0 aromatic carbocycles. The number of carbonyl (C=O) groups excluding carboxylic acids is 4. The second kappa shape index (κ2) is 3.90. The van der Waals surface area contributed by atoms with E-state index in [4.69, 9.17) is 0 Å². The normalized spacial score (nSPS) is 10.5. The van der Waals surface area contributed by atoms with Gasteiger partial charge in [-0.2, -0.15) is 0 Å². The summed E-state index contributed by atoms with van der Waals surface area (Å²) in [5, 5.41) is 0. The number of hydrogen-bond acceptors (Lipinski definition) is 4. The predicted octanol–water partition coefficient (Wildman–Crippen LogP) is -0.0613. The van der Waals surface area contributed by atoms with Gasteiger partial charge in [0.1, 0.15) is 23.8 Å². The molecule has 0 aromatic heterocycles. The highest BCUT2D eigenvalue weighted by atomic mass is 16.2. The minimum atomic E-state index is -1.74. The molecule has 0 saturated carbocycles. The van der Waals surface area contributed by atoms with E-state index >= 15 is 0 Å². The summed E-state index contributed by atoms with van der Waals surface area (Å²) in [6.45, 7) is 2.34. The van der Waals surface area contributed by atoms with Gasteiger partial charge in [0.25, 0.3) is 0 Å². The molecule has 0 spiro atoms. The molecule has 0 heterocycles. The SMILES string of the molecule is CC(=O)CC(C=O)(C=O)C(C)=O. The van der Waals surface area contributed by atoms with Crippen LogP contribution in [0, 0.1) is 5.41 Å². The maximum Gasteiger partial charge on any atom is 0.150 e. The first-order valence-electron chi connectivity index (χ1n) is 3.41. The number of carbonyl (C=O) groups is 4.